The lowest BCUT2D eigenvalue weighted by Gasteiger charge is -2.08. The predicted molar refractivity (Wildman–Crippen MR) is 105 cm³/mol. The van der Waals surface area contributed by atoms with Crippen molar-refractivity contribution >= 4 is 11.6 Å². The topological polar surface area (TPSA) is 54.0 Å². The molecule has 0 radical (unpaired) electrons. The molecule has 1 aromatic heterocycles. The Morgan fingerprint density at radius 3 is 2.19 bits per heavy atom. The molecule has 0 aliphatic heterocycles. The Hall–Kier alpha value is -3.14. The molecule has 2 N–H and O–H groups in total. The van der Waals surface area contributed by atoms with E-state index in [2.05, 4.69) is 39.9 Å². The Morgan fingerprint density at radius 1 is 0.846 bits per heavy atom. The maximum atomic E-state index is 12.2. The molecule has 0 saturated heterocycles. The summed E-state index contributed by atoms with van der Waals surface area (Å²) in [6.07, 6.45) is 3.80. The number of nitrogens with zero attached hydrogens (tertiary/aromatic N) is 1. The molecule has 4 heteroatoms. The van der Waals surface area contributed by atoms with Crippen LogP contribution in [0.15, 0.2) is 79.0 Å². The number of benzene rings is 2. The summed E-state index contributed by atoms with van der Waals surface area (Å²) in [5.41, 5.74) is 3.77. The third kappa shape index (κ3) is 5.45. The molecule has 0 aliphatic carbocycles. The molecule has 0 fully saturated rings. The van der Waals surface area contributed by atoms with Gasteiger partial charge in [-0.1, -0.05) is 60.7 Å². The molecular formula is C22H23N3O. The molecule has 2 aromatic carbocycles. The molecular weight excluding hydrogens is 322 g/mol. The third-order valence-electron chi connectivity index (χ3n) is 4.11. The van der Waals surface area contributed by atoms with Gasteiger partial charge in [0.05, 0.1) is 11.9 Å². The summed E-state index contributed by atoms with van der Waals surface area (Å²) in [6.45, 7) is 1.37. The van der Waals surface area contributed by atoms with Crippen LogP contribution in [0.2, 0.25) is 0 Å². The van der Waals surface area contributed by atoms with Gasteiger partial charge in [0.15, 0.2) is 0 Å². The van der Waals surface area contributed by atoms with E-state index in [0.29, 0.717) is 12.2 Å². The summed E-state index contributed by atoms with van der Waals surface area (Å²) in [4.78, 5) is 16.4. The average molecular weight is 345 g/mol. The van der Waals surface area contributed by atoms with E-state index in [1.54, 1.807) is 12.3 Å². The molecule has 1 heterocycles. The van der Waals surface area contributed by atoms with Crippen LogP contribution in [0.5, 0.6) is 0 Å². The van der Waals surface area contributed by atoms with Crippen LogP contribution < -0.4 is 10.6 Å². The van der Waals surface area contributed by atoms with Gasteiger partial charge in [0.1, 0.15) is 5.69 Å². The quantitative estimate of drug-likeness (QED) is 0.606. The van der Waals surface area contributed by atoms with Crippen molar-refractivity contribution in [2.45, 2.75) is 19.4 Å². The summed E-state index contributed by atoms with van der Waals surface area (Å²) >= 11 is 0. The van der Waals surface area contributed by atoms with Crippen molar-refractivity contribution in [2.75, 3.05) is 11.9 Å². The van der Waals surface area contributed by atoms with Gasteiger partial charge < -0.3 is 10.6 Å². The average Bonchev–Trinajstić information content (AvgIpc) is 2.71. The highest BCUT2D eigenvalue weighted by Gasteiger charge is 2.06. The zero-order chi connectivity index (χ0) is 18.0. The van der Waals surface area contributed by atoms with Crippen LogP contribution in [0, 0.1) is 0 Å². The van der Waals surface area contributed by atoms with Gasteiger partial charge in [-0.2, -0.15) is 0 Å². The van der Waals surface area contributed by atoms with Gasteiger partial charge in [-0.15, -0.1) is 0 Å². The molecule has 3 aromatic rings. The molecule has 26 heavy (non-hydrogen) atoms. The van der Waals surface area contributed by atoms with Crippen molar-refractivity contribution in [2.24, 2.45) is 0 Å². The lowest BCUT2D eigenvalue weighted by molar-refractivity contribution is 0.0946. The molecule has 1 amide bonds. The van der Waals surface area contributed by atoms with Crippen LogP contribution in [0.25, 0.3) is 0 Å². The van der Waals surface area contributed by atoms with Crippen molar-refractivity contribution in [3.05, 3.63) is 95.8 Å². The van der Waals surface area contributed by atoms with Crippen molar-refractivity contribution in [3.8, 4) is 0 Å². The van der Waals surface area contributed by atoms with Crippen LogP contribution in [0.3, 0.4) is 0 Å². The molecule has 0 saturated carbocycles. The number of carbonyl (C=O) groups excluding carboxylic acids is 1. The van der Waals surface area contributed by atoms with Crippen LogP contribution >= 0.6 is 0 Å². The molecule has 0 atom stereocenters. The number of aryl methyl sites for hydroxylation is 1. The number of hydrogen-bond donors (Lipinski definition) is 2. The van der Waals surface area contributed by atoms with Gasteiger partial charge in [-0.3, -0.25) is 4.79 Å². The number of aromatic nitrogens is 1. The molecule has 0 unspecified atom stereocenters. The maximum absolute atomic E-state index is 12.2. The second-order valence-corrected chi connectivity index (χ2v) is 6.12. The van der Waals surface area contributed by atoms with Crippen molar-refractivity contribution < 1.29 is 4.79 Å². The maximum Gasteiger partial charge on any atom is 0.270 e. The lowest BCUT2D eigenvalue weighted by atomic mass is 10.1. The van der Waals surface area contributed by atoms with Gasteiger partial charge in [0.25, 0.3) is 5.91 Å². The second-order valence-electron chi connectivity index (χ2n) is 6.12. The SMILES string of the molecule is O=C(NCc1ccccc1)c1ccc(NCCCc2ccccc2)cn1. The highest BCUT2D eigenvalue weighted by molar-refractivity contribution is 5.92. The Labute approximate surface area is 154 Å². The smallest absolute Gasteiger partial charge is 0.270 e. The van der Waals surface area contributed by atoms with E-state index in [1.165, 1.54) is 5.56 Å². The summed E-state index contributed by atoms with van der Waals surface area (Å²) in [7, 11) is 0. The Morgan fingerprint density at radius 2 is 1.54 bits per heavy atom. The first kappa shape index (κ1) is 17.7. The van der Waals surface area contributed by atoms with E-state index >= 15 is 0 Å². The summed E-state index contributed by atoms with van der Waals surface area (Å²) in [5.74, 6) is -0.163. The lowest BCUT2D eigenvalue weighted by Crippen LogP contribution is -2.23. The van der Waals surface area contributed by atoms with Crippen LogP contribution in [-0.4, -0.2) is 17.4 Å². The standard InChI is InChI=1S/C22H23N3O/c26-22(25-16-19-10-5-2-6-11-19)21-14-13-20(17-24-21)23-15-7-12-18-8-3-1-4-9-18/h1-6,8-11,13-14,17,23H,7,12,15-16H2,(H,25,26). The highest BCUT2D eigenvalue weighted by Crippen LogP contribution is 2.08. The van der Waals surface area contributed by atoms with Crippen LogP contribution in [0.4, 0.5) is 5.69 Å². The second kappa shape index (κ2) is 9.37. The minimum absolute atomic E-state index is 0.163. The summed E-state index contributed by atoms with van der Waals surface area (Å²) < 4.78 is 0. The first-order chi connectivity index (χ1) is 12.8. The van der Waals surface area contributed by atoms with Crippen molar-refractivity contribution in [1.82, 2.24) is 10.3 Å². The number of amides is 1. The zero-order valence-electron chi connectivity index (χ0n) is 14.7. The number of anilines is 1. The third-order valence-corrected chi connectivity index (χ3v) is 4.11. The van der Waals surface area contributed by atoms with Crippen molar-refractivity contribution in [3.63, 3.8) is 0 Å². The van der Waals surface area contributed by atoms with Crippen molar-refractivity contribution in [1.29, 1.82) is 0 Å². The minimum atomic E-state index is -0.163. The van der Waals surface area contributed by atoms with E-state index in [1.807, 2.05) is 42.5 Å². The first-order valence-electron chi connectivity index (χ1n) is 8.87. The van der Waals surface area contributed by atoms with E-state index < -0.39 is 0 Å². The monoisotopic (exact) mass is 345 g/mol. The van der Waals surface area contributed by atoms with Crippen LogP contribution in [-0.2, 0) is 13.0 Å². The van der Waals surface area contributed by atoms with Gasteiger partial charge in [0.2, 0.25) is 0 Å². The number of nitrogens with one attached hydrogen (secondary N) is 2. The predicted octanol–water partition coefficient (Wildman–Crippen LogP) is 4.06. The molecule has 0 aliphatic rings. The van der Waals surface area contributed by atoms with Gasteiger partial charge >= 0.3 is 0 Å². The van der Waals surface area contributed by atoms with E-state index in [9.17, 15) is 4.79 Å². The molecule has 4 nitrogen and oxygen atoms in total. The number of hydrogen-bond acceptors (Lipinski definition) is 3. The molecule has 132 valence electrons. The van der Waals surface area contributed by atoms with Gasteiger partial charge in [-0.05, 0) is 36.1 Å². The fraction of sp³-hybridized carbons (Fsp3) is 0.182. The van der Waals surface area contributed by atoms with E-state index in [-0.39, 0.29) is 5.91 Å². The van der Waals surface area contributed by atoms with Gasteiger partial charge in [0, 0.05) is 13.1 Å². The number of pyridine rings is 1. The highest BCUT2D eigenvalue weighted by atomic mass is 16.1. The summed E-state index contributed by atoms with van der Waals surface area (Å²) in [6, 6.07) is 23.9. The number of rotatable bonds is 8. The minimum Gasteiger partial charge on any atom is -0.384 e. The Balaban J connectivity index is 1.42. The Bertz CT molecular complexity index is 802. The summed E-state index contributed by atoms with van der Waals surface area (Å²) in [5, 5.41) is 6.23. The number of carbonyl (C=O) groups is 1. The normalized spacial score (nSPS) is 10.3. The van der Waals surface area contributed by atoms with Gasteiger partial charge in [-0.25, -0.2) is 4.98 Å². The largest absolute Gasteiger partial charge is 0.384 e. The molecule has 0 spiro atoms. The van der Waals surface area contributed by atoms with E-state index in [4.69, 9.17) is 0 Å². The fourth-order valence-electron chi connectivity index (χ4n) is 2.67. The first-order valence-corrected chi connectivity index (χ1v) is 8.87. The Kier molecular flexibility index (Phi) is 6.37. The van der Waals surface area contributed by atoms with E-state index in [0.717, 1.165) is 30.6 Å². The fourth-order valence-corrected chi connectivity index (χ4v) is 2.67. The molecule has 3 rings (SSSR count). The zero-order valence-corrected chi connectivity index (χ0v) is 14.7. The molecule has 0 bridgehead atoms. The van der Waals surface area contributed by atoms with Crippen LogP contribution in [0.1, 0.15) is 28.0 Å².